The van der Waals surface area contributed by atoms with Gasteiger partial charge in [0.1, 0.15) is 6.54 Å². The molecule has 7 nitrogen and oxygen atoms in total. The minimum Gasteiger partial charge on any atom is -0.355 e. The highest BCUT2D eigenvalue weighted by Gasteiger charge is 2.33. The summed E-state index contributed by atoms with van der Waals surface area (Å²) in [4.78, 5) is 26.9. The molecule has 160 valence electrons. The Morgan fingerprint density at radius 2 is 1.87 bits per heavy atom. The first-order chi connectivity index (χ1) is 15.0. The molecule has 1 aliphatic rings. The third kappa shape index (κ3) is 4.86. The Bertz CT molecular complexity index is 1150. The predicted octanol–water partition coefficient (Wildman–Crippen LogP) is 3.81. The summed E-state index contributed by atoms with van der Waals surface area (Å²) >= 11 is 11.4. The summed E-state index contributed by atoms with van der Waals surface area (Å²) in [6, 6.07) is 14.8. The van der Waals surface area contributed by atoms with Crippen LogP contribution in [0.5, 0.6) is 0 Å². The van der Waals surface area contributed by atoms with Crippen LogP contribution in [-0.2, 0) is 17.9 Å². The summed E-state index contributed by atoms with van der Waals surface area (Å²) < 4.78 is 2.11. The number of nitrogens with one attached hydrogen (secondary N) is 2. The van der Waals surface area contributed by atoms with Crippen LogP contribution in [0.15, 0.2) is 48.5 Å². The van der Waals surface area contributed by atoms with E-state index < -0.39 is 0 Å². The number of carbonyl (C=O) groups excluding carboxylic acids is 2. The van der Waals surface area contributed by atoms with Gasteiger partial charge in [0.15, 0.2) is 10.6 Å². The monoisotopic (exact) mass is 455 g/mol. The highest BCUT2D eigenvalue weighted by atomic mass is 35.5. The number of amides is 2. The number of hydrogen-bond acceptors (Lipinski definition) is 4. The maximum absolute atomic E-state index is 13.2. The van der Waals surface area contributed by atoms with Gasteiger partial charge in [-0.3, -0.25) is 19.3 Å². The van der Waals surface area contributed by atoms with Crippen molar-refractivity contribution >= 4 is 35.6 Å². The van der Waals surface area contributed by atoms with E-state index in [1.807, 2.05) is 29.2 Å². The van der Waals surface area contributed by atoms with Gasteiger partial charge in [-0.05, 0) is 67.0 Å². The molecule has 1 fully saturated rings. The Morgan fingerprint density at radius 1 is 1.19 bits per heavy atom. The number of rotatable bonds is 7. The van der Waals surface area contributed by atoms with E-state index in [2.05, 4.69) is 15.5 Å². The van der Waals surface area contributed by atoms with Gasteiger partial charge in [-0.1, -0.05) is 23.7 Å². The van der Waals surface area contributed by atoms with Crippen LogP contribution in [0, 0.1) is 4.77 Å². The third-order valence-corrected chi connectivity index (χ3v) is 5.82. The predicted molar refractivity (Wildman–Crippen MR) is 121 cm³/mol. The molecule has 0 unspecified atom stereocenters. The van der Waals surface area contributed by atoms with Crippen molar-refractivity contribution in [1.82, 2.24) is 25.0 Å². The van der Waals surface area contributed by atoms with Gasteiger partial charge in [0.2, 0.25) is 5.91 Å². The highest BCUT2D eigenvalue weighted by Crippen LogP contribution is 2.29. The molecule has 3 aromatic rings. The normalized spacial score (nSPS) is 13.1. The molecule has 31 heavy (non-hydrogen) atoms. The quantitative estimate of drug-likeness (QED) is 0.530. The molecule has 4 rings (SSSR count). The van der Waals surface area contributed by atoms with Crippen LogP contribution in [-0.4, -0.2) is 44.6 Å². The zero-order chi connectivity index (χ0) is 22.0. The molecule has 0 atom stereocenters. The van der Waals surface area contributed by atoms with Crippen molar-refractivity contribution in [2.45, 2.75) is 32.0 Å². The van der Waals surface area contributed by atoms with E-state index >= 15 is 0 Å². The molecule has 0 bridgehead atoms. The first-order valence-corrected chi connectivity index (χ1v) is 10.8. The minimum atomic E-state index is -0.134. The standard InChI is InChI=1S/C22H22ClN5O2S/c1-24-21(30)16-4-2-14(3-5-16)12-27(18-10-11-18)19(29)13-28-20(25-26-22(28)31)15-6-8-17(23)9-7-15/h2-9,18H,10-13H2,1H3,(H,24,30)(H,26,31). The van der Waals surface area contributed by atoms with Gasteiger partial charge in [0, 0.05) is 35.8 Å². The maximum Gasteiger partial charge on any atom is 0.251 e. The number of carbonyl (C=O) groups is 2. The van der Waals surface area contributed by atoms with Crippen LogP contribution in [0.4, 0.5) is 0 Å². The van der Waals surface area contributed by atoms with Crippen molar-refractivity contribution in [2.24, 2.45) is 0 Å². The lowest BCUT2D eigenvalue weighted by atomic mass is 10.1. The number of nitrogens with zero attached hydrogens (tertiary/aromatic N) is 3. The summed E-state index contributed by atoms with van der Waals surface area (Å²) in [6.45, 7) is 0.582. The lowest BCUT2D eigenvalue weighted by Crippen LogP contribution is -2.35. The second kappa shape index (κ2) is 9.03. The molecule has 0 saturated heterocycles. The van der Waals surface area contributed by atoms with Crippen LogP contribution in [0.2, 0.25) is 5.02 Å². The third-order valence-electron chi connectivity index (χ3n) is 5.26. The van der Waals surface area contributed by atoms with Crippen molar-refractivity contribution in [3.05, 3.63) is 69.5 Å². The molecule has 0 spiro atoms. The van der Waals surface area contributed by atoms with E-state index in [0.717, 1.165) is 24.0 Å². The van der Waals surface area contributed by atoms with Gasteiger partial charge in [0.05, 0.1) is 0 Å². The molecule has 0 radical (unpaired) electrons. The van der Waals surface area contributed by atoms with Gasteiger partial charge in [-0.15, -0.1) is 0 Å². The fourth-order valence-corrected chi connectivity index (χ4v) is 3.74. The Hall–Kier alpha value is -2.97. The van der Waals surface area contributed by atoms with Gasteiger partial charge in [-0.25, -0.2) is 0 Å². The zero-order valence-corrected chi connectivity index (χ0v) is 18.5. The summed E-state index contributed by atoms with van der Waals surface area (Å²) in [5.74, 6) is 0.442. The second-order valence-electron chi connectivity index (χ2n) is 7.47. The molecule has 1 aliphatic carbocycles. The molecule has 2 N–H and O–H groups in total. The first-order valence-electron chi connectivity index (χ1n) is 9.98. The Kier molecular flexibility index (Phi) is 6.20. The average Bonchev–Trinajstić information content (AvgIpc) is 3.56. The largest absolute Gasteiger partial charge is 0.355 e. The molecule has 1 heterocycles. The van der Waals surface area contributed by atoms with E-state index in [0.29, 0.717) is 27.7 Å². The molecule has 1 saturated carbocycles. The second-order valence-corrected chi connectivity index (χ2v) is 8.30. The average molecular weight is 456 g/mol. The van der Waals surface area contributed by atoms with E-state index in [9.17, 15) is 9.59 Å². The Balaban J connectivity index is 1.53. The van der Waals surface area contributed by atoms with E-state index in [-0.39, 0.29) is 24.4 Å². The SMILES string of the molecule is CNC(=O)c1ccc(CN(C(=O)Cn2c(-c3ccc(Cl)cc3)n[nH]c2=S)C2CC2)cc1. The van der Waals surface area contributed by atoms with Crippen molar-refractivity contribution in [3.63, 3.8) is 0 Å². The summed E-state index contributed by atoms with van der Waals surface area (Å²) in [5.41, 5.74) is 2.39. The maximum atomic E-state index is 13.2. The Morgan fingerprint density at radius 3 is 2.48 bits per heavy atom. The number of aromatic amines is 1. The van der Waals surface area contributed by atoms with Crippen LogP contribution in [0.1, 0.15) is 28.8 Å². The van der Waals surface area contributed by atoms with E-state index in [1.54, 1.807) is 35.9 Å². The summed E-state index contributed by atoms with van der Waals surface area (Å²) in [7, 11) is 1.60. The molecule has 2 aromatic carbocycles. The Labute approximate surface area is 190 Å². The highest BCUT2D eigenvalue weighted by molar-refractivity contribution is 7.71. The van der Waals surface area contributed by atoms with Gasteiger partial charge in [-0.2, -0.15) is 5.10 Å². The molecule has 1 aromatic heterocycles. The lowest BCUT2D eigenvalue weighted by molar-refractivity contribution is -0.133. The van der Waals surface area contributed by atoms with E-state index in [1.165, 1.54) is 0 Å². The van der Waals surface area contributed by atoms with Gasteiger partial charge < -0.3 is 10.2 Å². The first kappa shape index (κ1) is 21.3. The molecular weight excluding hydrogens is 434 g/mol. The number of hydrogen-bond donors (Lipinski definition) is 2. The molecule has 0 aliphatic heterocycles. The van der Waals surface area contributed by atoms with Gasteiger partial charge in [0.25, 0.3) is 5.91 Å². The molecule has 2 amide bonds. The molecular formula is C22H22ClN5O2S. The van der Waals surface area contributed by atoms with Crippen LogP contribution in [0.3, 0.4) is 0 Å². The van der Waals surface area contributed by atoms with Crippen LogP contribution < -0.4 is 5.32 Å². The van der Waals surface area contributed by atoms with Crippen molar-refractivity contribution in [2.75, 3.05) is 7.05 Å². The van der Waals surface area contributed by atoms with Gasteiger partial charge >= 0.3 is 0 Å². The zero-order valence-electron chi connectivity index (χ0n) is 17.0. The number of halogens is 1. The van der Waals surface area contributed by atoms with Crippen molar-refractivity contribution < 1.29 is 9.59 Å². The fourth-order valence-electron chi connectivity index (χ4n) is 3.42. The number of benzene rings is 2. The summed E-state index contributed by atoms with van der Waals surface area (Å²) in [5, 5.41) is 10.3. The fraction of sp³-hybridized carbons (Fsp3) is 0.273. The number of aromatic nitrogens is 3. The summed E-state index contributed by atoms with van der Waals surface area (Å²) in [6.07, 6.45) is 1.98. The lowest BCUT2D eigenvalue weighted by Gasteiger charge is -2.23. The number of H-pyrrole nitrogens is 1. The van der Waals surface area contributed by atoms with E-state index in [4.69, 9.17) is 23.8 Å². The molecule has 9 heteroatoms. The smallest absolute Gasteiger partial charge is 0.251 e. The van der Waals surface area contributed by atoms with Crippen molar-refractivity contribution in [1.29, 1.82) is 0 Å². The topological polar surface area (TPSA) is 83.0 Å². The van der Waals surface area contributed by atoms with Crippen LogP contribution >= 0.6 is 23.8 Å². The van der Waals surface area contributed by atoms with Crippen molar-refractivity contribution in [3.8, 4) is 11.4 Å². The minimum absolute atomic E-state index is 0.0226. The van der Waals surface area contributed by atoms with Crippen LogP contribution in [0.25, 0.3) is 11.4 Å².